The Hall–Kier alpha value is -3.33. The fourth-order valence-electron chi connectivity index (χ4n) is 3.35. The lowest BCUT2D eigenvalue weighted by molar-refractivity contribution is 0.0958. The Bertz CT molecular complexity index is 987. The molecule has 0 aromatic heterocycles. The highest BCUT2D eigenvalue weighted by Gasteiger charge is 2.32. The number of nitrogens with one attached hydrogen (secondary N) is 1. The first-order valence-corrected chi connectivity index (χ1v) is 10.5. The summed E-state index contributed by atoms with van der Waals surface area (Å²) in [6.07, 6.45) is 0.855. The minimum absolute atomic E-state index is 0.216. The zero-order valence-corrected chi connectivity index (χ0v) is 18.5. The van der Waals surface area contributed by atoms with E-state index in [1.807, 2.05) is 26.0 Å². The Kier molecular flexibility index (Phi) is 7.30. The molecule has 2 aromatic rings. The molecule has 6 nitrogen and oxygen atoms in total. The van der Waals surface area contributed by atoms with Crippen molar-refractivity contribution in [1.82, 2.24) is 5.32 Å². The van der Waals surface area contributed by atoms with Gasteiger partial charge in [0.1, 0.15) is 12.2 Å². The lowest BCUT2D eigenvalue weighted by atomic mass is 10.0. The van der Waals surface area contributed by atoms with Crippen LogP contribution in [0.25, 0.3) is 0 Å². The molecule has 1 aliphatic heterocycles. The van der Waals surface area contributed by atoms with Gasteiger partial charge in [-0.2, -0.15) is 0 Å². The molecule has 1 heterocycles. The van der Waals surface area contributed by atoms with Gasteiger partial charge in [0, 0.05) is 17.5 Å². The van der Waals surface area contributed by atoms with Crippen LogP contribution in [0.2, 0.25) is 0 Å². The van der Waals surface area contributed by atoms with E-state index < -0.39 is 0 Å². The predicted octanol–water partition coefficient (Wildman–Crippen LogP) is 4.01. The van der Waals surface area contributed by atoms with Crippen LogP contribution in [-0.4, -0.2) is 37.9 Å². The first kappa shape index (κ1) is 22.4. The van der Waals surface area contributed by atoms with Crippen LogP contribution in [0.5, 0.6) is 23.0 Å². The van der Waals surface area contributed by atoms with Crippen LogP contribution in [0.1, 0.15) is 43.6 Å². The Labute approximate surface area is 183 Å². The summed E-state index contributed by atoms with van der Waals surface area (Å²) >= 11 is 0. The van der Waals surface area contributed by atoms with Gasteiger partial charge in [0.15, 0.2) is 23.0 Å². The zero-order chi connectivity index (χ0) is 22.3. The number of hydrogen-bond acceptors (Lipinski definition) is 5. The van der Waals surface area contributed by atoms with Gasteiger partial charge < -0.3 is 24.3 Å². The van der Waals surface area contributed by atoms with E-state index in [0.717, 1.165) is 17.7 Å². The van der Waals surface area contributed by atoms with Crippen LogP contribution < -0.4 is 24.3 Å². The van der Waals surface area contributed by atoms with Gasteiger partial charge in [-0.05, 0) is 52.0 Å². The molecule has 0 atom stereocenters. The second-order valence-electron chi connectivity index (χ2n) is 7.64. The predicted molar refractivity (Wildman–Crippen MR) is 119 cm³/mol. The van der Waals surface area contributed by atoms with Crippen LogP contribution in [0.4, 0.5) is 0 Å². The minimum atomic E-state index is -0.226. The van der Waals surface area contributed by atoms with Crippen molar-refractivity contribution in [2.45, 2.75) is 39.7 Å². The van der Waals surface area contributed by atoms with E-state index in [0.29, 0.717) is 36.0 Å². The molecule has 0 saturated carbocycles. The summed E-state index contributed by atoms with van der Waals surface area (Å²) in [5, 5.41) is 2.78. The largest absolute Gasteiger partial charge is 0.490 e. The van der Waals surface area contributed by atoms with E-state index in [2.05, 4.69) is 37.1 Å². The molecular formula is C25H29NO5. The van der Waals surface area contributed by atoms with Gasteiger partial charge in [0.25, 0.3) is 5.91 Å². The maximum absolute atomic E-state index is 12.4. The van der Waals surface area contributed by atoms with E-state index >= 15 is 0 Å². The fourth-order valence-corrected chi connectivity index (χ4v) is 3.35. The quantitative estimate of drug-likeness (QED) is 0.650. The molecule has 2 aromatic carbocycles. The second-order valence-corrected chi connectivity index (χ2v) is 7.64. The van der Waals surface area contributed by atoms with Crippen molar-refractivity contribution in [3.05, 3.63) is 47.5 Å². The molecule has 1 N–H and O–H groups in total. The molecule has 0 radical (unpaired) electrons. The van der Waals surface area contributed by atoms with Crippen molar-refractivity contribution in [3.63, 3.8) is 0 Å². The number of amides is 1. The molecule has 0 unspecified atom stereocenters. The van der Waals surface area contributed by atoms with E-state index in [4.69, 9.17) is 18.9 Å². The molecule has 0 fully saturated rings. The summed E-state index contributed by atoms with van der Waals surface area (Å²) in [5.41, 5.74) is 1.41. The SMILES string of the molecule is CCOc1ccc(C(=O)NCC#CCOc2cccc3c2OC(C)(C)C3)cc1OCC. The van der Waals surface area contributed by atoms with Crippen molar-refractivity contribution in [3.8, 4) is 34.8 Å². The summed E-state index contributed by atoms with van der Waals surface area (Å²) in [7, 11) is 0. The molecule has 3 rings (SSSR count). The normalized spacial score (nSPS) is 13.3. The molecule has 1 aliphatic rings. The second kappa shape index (κ2) is 10.1. The van der Waals surface area contributed by atoms with Gasteiger partial charge in [-0.25, -0.2) is 0 Å². The average molecular weight is 424 g/mol. The summed E-state index contributed by atoms with van der Waals surface area (Å²) in [6, 6.07) is 11.0. The maximum Gasteiger partial charge on any atom is 0.252 e. The van der Waals surface area contributed by atoms with Gasteiger partial charge in [-0.15, -0.1) is 0 Å². The third-order valence-electron chi connectivity index (χ3n) is 4.62. The number of carbonyl (C=O) groups is 1. The van der Waals surface area contributed by atoms with Gasteiger partial charge in [-0.3, -0.25) is 4.79 Å². The Morgan fingerprint density at radius 2 is 1.81 bits per heavy atom. The lowest BCUT2D eigenvalue weighted by Crippen LogP contribution is -2.24. The smallest absolute Gasteiger partial charge is 0.252 e. The number of fused-ring (bicyclic) bond motifs is 1. The van der Waals surface area contributed by atoms with E-state index in [1.54, 1.807) is 18.2 Å². The van der Waals surface area contributed by atoms with Crippen LogP contribution >= 0.6 is 0 Å². The van der Waals surface area contributed by atoms with Crippen molar-refractivity contribution >= 4 is 5.91 Å². The van der Waals surface area contributed by atoms with E-state index in [1.165, 1.54) is 0 Å². The first-order chi connectivity index (χ1) is 14.9. The van der Waals surface area contributed by atoms with Crippen LogP contribution in [-0.2, 0) is 6.42 Å². The molecule has 0 spiro atoms. The number of hydrogen-bond donors (Lipinski definition) is 1. The highest BCUT2D eigenvalue weighted by molar-refractivity contribution is 5.95. The topological polar surface area (TPSA) is 66.0 Å². The molecular weight excluding hydrogens is 394 g/mol. The highest BCUT2D eigenvalue weighted by atomic mass is 16.5. The number of ether oxygens (including phenoxy) is 4. The average Bonchev–Trinajstić information content (AvgIpc) is 3.06. The van der Waals surface area contributed by atoms with Crippen LogP contribution in [0, 0.1) is 11.8 Å². The standard InChI is InChI=1S/C25H29NO5/c1-5-28-20-13-12-18(16-22(20)29-6-2)24(27)26-14-7-8-15-30-21-11-9-10-19-17-25(3,4)31-23(19)21/h9-13,16H,5-6,14-15,17H2,1-4H3,(H,26,27). The highest BCUT2D eigenvalue weighted by Crippen LogP contribution is 2.41. The minimum Gasteiger partial charge on any atom is -0.490 e. The molecule has 164 valence electrons. The van der Waals surface area contributed by atoms with Gasteiger partial charge in [-0.1, -0.05) is 24.0 Å². The van der Waals surface area contributed by atoms with E-state index in [9.17, 15) is 4.79 Å². The zero-order valence-electron chi connectivity index (χ0n) is 18.5. The van der Waals surface area contributed by atoms with Gasteiger partial charge in [0.05, 0.1) is 19.8 Å². The molecule has 1 amide bonds. The summed E-state index contributed by atoms with van der Waals surface area (Å²) < 4.78 is 22.8. The fraction of sp³-hybridized carbons (Fsp3) is 0.400. The summed E-state index contributed by atoms with van der Waals surface area (Å²) in [5.74, 6) is 8.27. The first-order valence-electron chi connectivity index (χ1n) is 10.5. The maximum atomic E-state index is 12.4. The Morgan fingerprint density at radius 1 is 1.03 bits per heavy atom. The third-order valence-corrected chi connectivity index (χ3v) is 4.62. The van der Waals surface area contributed by atoms with Crippen molar-refractivity contribution < 1.29 is 23.7 Å². The lowest BCUT2D eigenvalue weighted by Gasteiger charge is -2.17. The number of rotatable bonds is 8. The number of para-hydroxylation sites is 1. The van der Waals surface area contributed by atoms with Gasteiger partial charge in [0.2, 0.25) is 0 Å². The van der Waals surface area contributed by atoms with E-state index in [-0.39, 0.29) is 24.7 Å². The van der Waals surface area contributed by atoms with Crippen molar-refractivity contribution in [2.24, 2.45) is 0 Å². The third kappa shape index (κ3) is 5.85. The molecule has 0 saturated heterocycles. The van der Waals surface area contributed by atoms with Gasteiger partial charge >= 0.3 is 0 Å². The molecule has 0 aliphatic carbocycles. The monoisotopic (exact) mass is 423 g/mol. The molecule has 31 heavy (non-hydrogen) atoms. The number of carbonyl (C=O) groups excluding carboxylic acids is 1. The number of benzene rings is 2. The van der Waals surface area contributed by atoms with Crippen molar-refractivity contribution in [1.29, 1.82) is 0 Å². The molecule has 0 bridgehead atoms. The summed E-state index contributed by atoms with van der Waals surface area (Å²) in [6.45, 7) is 9.35. The molecule has 6 heteroatoms. The Morgan fingerprint density at radius 3 is 2.58 bits per heavy atom. The summed E-state index contributed by atoms with van der Waals surface area (Å²) in [4.78, 5) is 12.4. The van der Waals surface area contributed by atoms with Crippen LogP contribution in [0.3, 0.4) is 0 Å². The van der Waals surface area contributed by atoms with Crippen LogP contribution in [0.15, 0.2) is 36.4 Å². The Balaban J connectivity index is 1.51. The van der Waals surface area contributed by atoms with Crippen molar-refractivity contribution in [2.75, 3.05) is 26.4 Å².